The second-order valence-electron chi connectivity index (χ2n) is 3.86. The molecule has 0 bridgehead atoms. The van der Waals surface area contributed by atoms with Crippen LogP contribution in [0, 0.1) is 6.92 Å². The largest absolute Gasteiger partial charge is 0.331 e. The minimum absolute atomic E-state index is 0.913. The highest BCUT2D eigenvalue weighted by Gasteiger charge is 2.04. The summed E-state index contributed by atoms with van der Waals surface area (Å²) < 4.78 is 3.53. The maximum absolute atomic E-state index is 4.24. The average molecular weight is 228 g/mol. The van der Waals surface area contributed by atoms with Gasteiger partial charge in [0.05, 0.1) is 6.54 Å². The van der Waals surface area contributed by atoms with Gasteiger partial charge in [-0.2, -0.15) is 0 Å². The molecule has 0 aliphatic rings. The van der Waals surface area contributed by atoms with Crippen LogP contribution >= 0.6 is 11.3 Å². The summed E-state index contributed by atoms with van der Waals surface area (Å²) in [4.78, 5) is 4.24. The predicted octanol–water partition coefficient (Wildman–Crippen LogP) is 3.45. The highest BCUT2D eigenvalue weighted by molar-refractivity contribution is 7.17. The van der Waals surface area contributed by atoms with E-state index >= 15 is 0 Å². The van der Waals surface area contributed by atoms with E-state index in [2.05, 4.69) is 39.2 Å². The van der Waals surface area contributed by atoms with Crippen molar-refractivity contribution in [3.05, 3.63) is 53.4 Å². The highest BCUT2D eigenvalue weighted by atomic mass is 32.1. The molecule has 0 spiro atoms. The first-order valence-corrected chi connectivity index (χ1v) is 6.15. The standard InChI is InChI=1S/C13H12N2S/c1-10-14-6-7-15(10)8-11-9-16-13-5-3-2-4-12(11)13/h2-7,9H,8H2,1H3. The molecule has 0 unspecified atom stereocenters. The first kappa shape index (κ1) is 9.60. The van der Waals surface area contributed by atoms with Gasteiger partial charge in [0.1, 0.15) is 5.82 Å². The summed E-state index contributed by atoms with van der Waals surface area (Å²) in [5.74, 6) is 1.07. The number of fused-ring (bicyclic) bond motifs is 1. The van der Waals surface area contributed by atoms with Crippen molar-refractivity contribution in [3.63, 3.8) is 0 Å². The maximum atomic E-state index is 4.24. The molecule has 0 N–H and O–H groups in total. The Kier molecular flexibility index (Phi) is 2.26. The summed E-state index contributed by atoms with van der Waals surface area (Å²) in [6, 6.07) is 8.54. The van der Waals surface area contributed by atoms with Gasteiger partial charge in [0.15, 0.2) is 0 Å². The molecular formula is C13H12N2S. The quantitative estimate of drug-likeness (QED) is 0.657. The number of thiophene rings is 1. The van der Waals surface area contributed by atoms with Crippen LogP contribution < -0.4 is 0 Å². The van der Waals surface area contributed by atoms with Crippen LogP contribution in [0.5, 0.6) is 0 Å². The average Bonchev–Trinajstić information content (AvgIpc) is 2.88. The molecule has 0 aliphatic carbocycles. The zero-order chi connectivity index (χ0) is 11.0. The van der Waals surface area contributed by atoms with E-state index in [0.717, 1.165) is 12.4 Å². The third-order valence-electron chi connectivity index (χ3n) is 2.83. The lowest BCUT2D eigenvalue weighted by Gasteiger charge is -2.03. The predicted molar refractivity (Wildman–Crippen MR) is 67.9 cm³/mol. The topological polar surface area (TPSA) is 17.8 Å². The van der Waals surface area contributed by atoms with Crippen LogP contribution in [0.1, 0.15) is 11.4 Å². The fourth-order valence-electron chi connectivity index (χ4n) is 1.91. The van der Waals surface area contributed by atoms with Gasteiger partial charge in [-0.3, -0.25) is 0 Å². The van der Waals surface area contributed by atoms with E-state index in [1.165, 1.54) is 15.6 Å². The Hall–Kier alpha value is -1.61. The summed E-state index contributed by atoms with van der Waals surface area (Å²) in [5, 5.41) is 3.60. The zero-order valence-electron chi connectivity index (χ0n) is 9.05. The second kappa shape index (κ2) is 3.76. The van der Waals surface area contributed by atoms with Crippen LogP contribution in [0.3, 0.4) is 0 Å². The SMILES string of the molecule is Cc1nccn1Cc1csc2ccccc12. The van der Waals surface area contributed by atoms with Gasteiger partial charge in [-0.05, 0) is 29.3 Å². The summed E-state index contributed by atoms with van der Waals surface area (Å²) >= 11 is 1.81. The van der Waals surface area contributed by atoms with Crippen molar-refractivity contribution < 1.29 is 0 Å². The molecule has 0 fully saturated rings. The van der Waals surface area contributed by atoms with E-state index in [1.54, 1.807) is 0 Å². The van der Waals surface area contributed by atoms with E-state index in [9.17, 15) is 0 Å². The van der Waals surface area contributed by atoms with Gasteiger partial charge in [0.2, 0.25) is 0 Å². The molecule has 2 nitrogen and oxygen atoms in total. The molecule has 1 aromatic carbocycles. The van der Waals surface area contributed by atoms with Crippen LogP contribution in [0.15, 0.2) is 42.0 Å². The van der Waals surface area contributed by atoms with E-state index in [0.29, 0.717) is 0 Å². The van der Waals surface area contributed by atoms with Gasteiger partial charge < -0.3 is 4.57 Å². The van der Waals surface area contributed by atoms with Crippen molar-refractivity contribution in [3.8, 4) is 0 Å². The number of aromatic nitrogens is 2. The van der Waals surface area contributed by atoms with Gasteiger partial charge in [-0.25, -0.2) is 4.98 Å². The number of rotatable bonds is 2. The van der Waals surface area contributed by atoms with Crippen LogP contribution in [0.2, 0.25) is 0 Å². The van der Waals surface area contributed by atoms with Crippen molar-refractivity contribution in [1.29, 1.82) is 0 Å². The molecule has 80 valence electrons. The Labute approximate surface area is 98.2 Å². The normalized spacial score (nSPS) is 11.1. The minimum Gasteiger partial charge on any atom is -0.331 e. The second-order valence-corrected chi connectivity index (χ2v) is 4.77. The smallest absolute Gasteiger partial charge is 0.105 e. The highest BCUT2D eigenvalue weighted by Crippen LogP contribution is 2.26. The number of hydrogen-bond donors (Lipinski definition) is 0. The van der Waals surface area contributed by atoms with Gasteiger partial charge in [0, 0.05) is 17.1 Å². The van der Waals surface area contributed by atoms with Gasteiger partial charge in [-0.15, -0.1) is 11.3 Å². The minimum atomic E-state index is 0.913. The van der Waals surface area contributed by atoms with Gasteiger partial charge in [-0.1, -0.05) is 18.2 Å². The Balaban J connectivity index is 2.04. The van der Waals surface area contributed by atoms with E-state index < -0.39 is 0 Å². The van der Waals surface area contributed by atoms with Crippen molar-refractivity contribution in [1.82, 2.24) is 9.55 Å². The third kappa shape index (κ3) is 1.53. The Morgan fingerprint density at radius 2 is 2.19 bits per heavy atom. The molecule has 3 heteroatoms. The molecule has 0 saturated carbocycles. The molecule has 3 rings (SSSR count). The molecule has 0 atom stereocenters. The Bertz CT molecular complexity index is 621. The first-order valence-electron chi connectivity index (χ1n) is 5.27. The molecule has 0 amide bonds. The number of benzene rings is 1. The summed E-state index contributed by atoms with van der Waals surface area (Å²) in [6.07, 6.45) is 3.88. The molecule has 2 aromatic heterocycles. The Morgan fingerprint density at radius 1 is 1.31 bits per heavy atom. The van der Waals surface area contributed by atoms with Crippen molar-refractivity contribution in [2.75, 3.05) is 0 Å². The monoisotopic (exact) mass is 228 g/mol. The number of aryl methyl sites for hydroxylation is 1. The molecule has 3 aromatic rings. The van der Waals surface area contributed by atoms with Crippen LogP contribution in [-0.2, 0) is 6.54 Å². The van der Waals surface area contributed by atoms with Crippen molar-refractivity contribution >= 4 is 21.4 Å². The van der Waals surface area contributed by atoms with Crippen LogP contribution in [0.4, 0.5) is 0 Å². The van der Waals surface area contributed by atoms with E-state index in [4.69, 9.17) is 0 Å². The number of hydrogen-bond acceptors (Lipinski definition) is 2. The summed E-state index contributed by atoms with van der Waals surface area (Å²) in [7, 11) is 0. The molecular weight excluding hydrogens is 216 g/mol. The van der Waals surface area contributed by atoms with Crippen LogP contribution in [0.25, 0.3) is 10.1 Å². The number of nitrogens with zero attached hydrogens (tertiary/aromatic N) is 2. The first-order chi connectivity index (χ1) is 7.84. The van der Waals surface area contributed by atoms with Crippen LogP contribution in [-0.4, -0.2) is 9.55 Å². The lowest BCUT2D eigenvalue weighted by atomic mass is 10.2. The van der Waals surface area contributed by atoms with E-state index in [-0.39, 0.29) is 0 Å². The lowest BCUT2D eigenvalue weighted by molar-refractivity contribution is 0.768. The van der Waals surface area contributed by atoms with Crippen molar-refractivity contribution in [2.24, 2.45) is 0 Å². The summed E-state index contributed by atoms with van der Waals surface area (Å²) in [5.41, 5.74) is 1.38. The Morgan fingerprint density at radius 3 is 3.00 bits per heavy atom. The third-order valence-corrected chi connectivity index (χ3v) is 3.84. The molecule has 0 aliphatic heterocycles. The van der Waals surface area contributed by atoms with E-state index in [1.807, 2.05) is 30.7 Å². The zero-order valence-corrected chi connectivity index (χ0v) is 9.87. The lowest BCUT2D eigenvalue weighted by Crippen LogP contribution is -1.99. The fraction of sp³-hybridized carbons (Fsp3) is 0.154. The molecule has 0 radical (unpaired) electrons. The molecule has 2 heterocycles. The fourth-order valence-corrected chi connectivity index (χ4v) is 2.86. The molecule has 0 saturated heterocycles. The van der Waals surface area contributed by atoms with Gasteiger partial charge >= 0.3 is 0 Å². The number of imidazole rings is 1. The van der Waals surface area contributed by atoms with Crippen molar-refractivity contribution in [2.45, 2.75) is 13.5 Å². The summed E-state index contributed by atoms with van der Waals surface area (Å²) in [6.45, 7) is 2.95. The maximum Gasteiger partial charge on any atom is 0.105 e. The van der Waals surface area contributed by atoms with Gasteiger partial charge in [0.25, 0.3) is 0 Å². The molecule has 16 heavy (non-hydrogen) atoms.